The number of para-hydroxylation sites is 2. The van der Waals surface area contributed by atoms with Crippen molar-refractivity contribution in [2.45, 2.75) is 39.5 Å². The summed E-state index contributed by atoms with van der Waals surface area (Å²) in [5.41, 5.74) is 3.65. The highest BCUT2D eigenvalue weighted by Gasteiger charge is 2.22. The topological polar surface area (TPSA) is 82.5 Å². The highest BCUT2D eigenvalue weighted by molar-refractivity contribution is 7.89. The number of imidazole rings is 1. The van der Waals surface area contributed by atoms with Gasteiger partial charge in [-0.1, -0.05) is 12.1 Å². The first kappa shape index (κ1) is 19.7. The molecule has 1 aliphatic heterocycles. The molecule has 0 radical (unpaired) electrons. The van der Waals surface area contributed by atoms with Gasteiger partial charge in [-0.15, -0.1) is 0 Å². The number of hydrogen-bond donors (Lipinski definition) is 1. The maximum absolute atomic E-state index is 12.6. The number of fused-ring (bicyclic) bond motifs is 2. The lowest BCUT2D eigenvalue weighted by atomic mass is 10.1. The second-order valence-corrected chi connectivity index (χ2v) is 9.13. The minimum Gasteiger partial charge on any atom is -0.494 e. The molecule has 2 aromatic carbocycles. The van der Waals surface area contributed by atoms with Crippen molar-refractivity contribution in [2.75, 3.05) is 12.4 Å². The molecule has 4 rings (SSSR count). The molecule has 1 aromatic heterocycles. The molecule has 0 spiro atoms. The SMILES string of the molecule is CCOc1cc2c(cc1CNS(=O)(=O)CCn1cnc3ccccc31)OC(C)C2. The summed E-state index contributed by atoms with van der Waals surface area (Å²) in [6.45, 7) is 4.94. The zero-order chi connectivity index (χ0) is 20.4. The average molecular weight is 416 g/mol. The van der Waals surface area contributed by atoms with Crippen LogP contribution in [0.3, 0.4) is 0 Å². The molecule has 0 fully saturated rings. The van der Waals surface area contributed by atoms with Crippen LogP contribution in [0.25, 0.3) is 11.0 Å². The third-order valence-corrected chi connectivity index (χ3v) is 6.29. The maximum Gasteiger partial charge on any atom is 0.213 e. The van der Waals surface area contributed by atoms with Crippen molar-refractivity contribution in [1.29, 1.82) is 0 Å². The first-order valence-electron chi connectivity index (χ1n) is 9.77. The Kier molecular flexibility index (Phi) is 5.47. The number of ether oxygens (including phenoxy) is 2. The van der Waals surface area contributed by atoms with Gasteiger partial charge in [0.1, 0.15) is 17.6 Å². The number of hydrogen-bond acceptors (Lipinski definition) is 5. The number of sulfonamides is 1. The summed E-state index contributed by atoms with van der Waals surface area (Å²) in [6.07, 6.45) is 2.63. The van der Waals surface area contributed by atoms with Gasteiger partial charge in [-0.2, -0.15) is 0 Å². The summed E-state index contributed by atoms with van der Waals surface area (Å²) in [4.78, 5) is 4.30. The molecule has 1 N–H and O–H groups in total. The molecule has 1 aliphatic rings. The van der Waals surface area contributed by atoms with E-state index in [0.717, 1.165) is 34.3 Å². The normalized spacial score (nSPS) is 16.0. The van der Waals surface area contributed by atoms with E-state index < -0.39 is 10.0 Å². The van der Waals surface area contributed by atoms with Crippen molar-refractivity contribution in [2.24, 2.45) is 0 Å². The second kappa shape index (κ2) is 8.04. The van der Waals surface area contributed by atoms with Gasteiger partial charge >= 0.3 is 0 Å². The smallest absolute Gasteiger partial charge is 0.213 e. The molecule has 2 heterocycles. The minimum absolute atomic E-state index is 0.0319. The Balaban J connectivity index is 1.44. The Morgan fingerprint density at radius 2 is 2.14 bits per heavy atom. The van der Waals surface area contributed by atoms with Crippen molar-refractivity contribution in [3.05, 3.63) is 53.9 Å². The van der Waals surface area contributed by atoms with E-state index in [1.54, 1.807) is 6.33 Å². The standard InChI is InChI=1S/C21H25N3O4S/c1-3-27-20-11-16-10-15(2)28-21(16)12-17(20)13-23-29(25,26)9-8-24-14-22-18-6-4-5-7-19(18)24/h4-7,11-12,14-15,23H,3,8-10,13H2,1-2H3. The van der Waals surface area contributed by atoms with E-state index in [-0.39, 0.29) is 18.4 Å². The van der Waals surface area contributed by atoms with E-state index in [1.807, 2.05) is 54.8 Å². The van der Waals surface area contributed by atoms with Crippen LogP contribution in [-0.2, 0) is 29.5 Å². The van der Waals surface area contributed by atoms with Crippen LogP contribution in [0.4, 0.5) is 0 Å². The Labute approximate surface area is 170 Å². The number of rotatable bonds is 8. The van der Waals surface area contributed by atoms with Crippen molar-refractivity contribution in [3.63, 3.8) is 0 Å². The molecule has 154 valence electrons. The molecule has 0 saturated heterocycles. The van der Waals surface area contributed by atoms with E-state index in [2.05, 4.69) is 9.71 Å². The van der Waals surface area contributed by atoms with Gasteiger partial charge in [-0.25, -0.2) is 18.1 Å². The molecule has 29 heavy (non-hydrogen) atoms. The number of nitrogens with zero attached hydrogens (tertiary/aromatic N) is 2. The zero-order valence-corrected chi connectivity index (χ0v) is 17.4. The van der Waals surface area contributed by atoms with Crippen LogP contribution in [0.15, 0.2) is 42.7 Å². The lowest BCUT2D eigenvalue weighted by molar-refractivity contribution is 0.254. The number of nitrogens with one attached hydrogen (secondary N) is 1. The van der Waals surface area contributed by atoms with E-state index in [1.165, 1.54) is 0 Å². The summed E-state index contributed by atoms with van der Waals surface area (Å²) in [6, 6.07) is 11.5. The Morgan fingerprint density at radius 3 is 2.97 bits per heavy atom. The quantitative estimate of drug-likeness (QED) is 0.612. The monoisotopic (exact) mass is 415 g/mol. The first-order valence-corrected chi connectivity index (χ1v) is 11.4. The lowest BCUT2D eigenvalue weighted by Crippen LogP contribution is -2.28. The molecular formula is C21H25N3O4S. The van der Waals surface area contributed by atoms with Crippen LogP contribution >= 0.6 is 0 Å². The van der Waals surface area contributed by atoms with Crippen molar-refractivity contribution in [1.82, 2.24) is 14.3 Å². The van der Waals surface area contributed by atoms with E-state index >= 15 is 0 Å². The fourth-order valence-electron chi connectivity index (χ4n) is 3.58. The summed E-state index contributed by atoms with van der Waals surface area (Å²) in [7, 11) is -3.48. The molecule has 0 saturated carbocycles. The molecule has 0 amide bonds. The van der Waals surface area contributed by atoms with Gasteiger partial charge in [0.25, 0.3) is 0 Å². The highest BCUT2D eigenvalue weighted by Crippen LogP contribution is 2.35. The number of aromatic nitrogens is 2. The average Bonchev–Trinajstić information content (AvgIpc) is 3.27. The predicted molar refractivity (Wildman–Crippen MR) is 112 cm³/mol. The molecule has 8 heteroatoms. The van der Waals surface area contributed by atoms with Crippen LogP contribution < -0.4 is 14.2 Å². The van der Waals surface area contributed by atoms with Crippen LogP contribution in [-0.4, -0.2) is 36.4 Å². The van der Waals surface area contributed by atoms with Crippen molar-refractivity contribution >= 4 is 21.1 Å². The predicted octanol–water partition coefficient (Wildman–Crippen LogP) is 2.88. The molecule has 3 aromatic rings. The van der Waals surface area contributed by atoms with Gasteiger partial charge in [0, 0.05) is 30.6 Å². The minimum atomic E-state index is -3.48. The molecule has 0 bridgehead atoms. The Hall–Kier alpha value is -2.58. The van der Waals surface area contributed by atoms with Crippen LogP contribution in [0.5, 0.6) is 11.5 Å². The number of benzene rings is 2. The van der Waals surface area contributed by atoms with Gasteiger partial charge in [0.15, 0.2) is 0 Å². The zero-order valence-electron chi connectivity index (χ0n) is 16.6. The Morgan fingerprint density at radius 1 is 1.31 bits per heavy atom. The molecule has 7 nitrogen and oxygen atoms in total. The van der Waals surface area contributed by atoms with E-state index in [4.69, 9.17) is 9.47 Å². The summed E-state index contributed by atoms with van der Waals surface area (Å²) < 4.78 is 41.2. The van der Waals surface area contributed by atoms with Gasteiger partial charge in [-0.3, -0.25) is 0 Å². The molecule has 1 atom stereocenters. The Bertz CT molecular complexity index is 1120. The second-order valence-electron chi connectivity index (χ2n) is 7.20. The summed E-state index contributed by atoms with van der Waals surface area (Å²) in [5.74, 6) is 1.47. The fraction of sp³-hybridized carbons (Fsp3) is 0.381. The lowest BCUT2D eigenvalue weighted by Gasteiger charge is -2.14. The fourth-order valence-corrected chi connectivity index (χ4v) is 4.53. The number of aryl methyl sites for hydroxylation is 1. The van der Waals surface area contributed by atoms with Crippen LogP contribution in [0.2, 0.25) is 0 Å². The van der Waals surface area contributed by atoms with Crippen LogP contribution in [0.1, 0.15) is 25.0 Å². The van der Waals surface area contributed by atoms with E-state index in [9.17, 15) is 8.42 Å². The van der Waals surface area contributed by atoms with Crippen molar-refractivity contribution in [3.8, 4) is 11.5 Å². The van der Waals surface area contributed by atoms with Gasteiger partial charge in [0.2, 0.25) is 10.0 Å². The largest absolute Gasteiger partial charge is 0.494 e. The van der Waals surface area contributed by atoms with Crippen molar-refractivity contribution < 1.29 is 17.9 Å². The maximum atomic E-state index is 12.6. The van der Waals surface area contributed by atoms with Crippen LogP contribution in [0, 0.1) is 0 Å². The van der Waals surface area contributed by atoms with E-state index in [0.29, 0.717) is 18.9 Å². The third-order valence-electron chi connectivity index (χ3n) is 4.99. The van der Waals surface area contributed by atoms with Gasteiger partial charge < -0.3 is 14.0 Å². The molecular weight excluding hydrogens is 390 g/mol. The molecule has 1 unspecified atom stereocenters. The first-order chi connectivity index (χ1) is 13.9. The summed E-state index contributed by atoms with van der Waals surface area (Å²) >= 11 is 0. The highest BCUT2D eigenvalue weighted by atomic mass is 32.2. The van der Waals surface area contributed by atoms with Gasteiger partial charge in [0.05, 0.1) is 29.7 Å². The third kappa shape index (κ3) is 4.38. The van der Waals surface area contributed by atoms with Gasteiger partial charge in [-0.05, 0) is 38.1 Å². The summed E-state index contributed by atoms with van der Waals surface area (Å²) in [5, 5.41) is 0. The molecule has 0 aliphatic carbocycles.